The minimum Gasteiger partial charge on any atom is -0.468 e. The Labute approximate surface area is 193 Å². The van der Waals surface area contributed by atoms with Gasteiger partial charge in [0.15, 0.2) is 5.78 Å². The molecule has 5 nitrogen and oxygen atoms in total. The van der Waals surface area contributed by atoms with E-state index >= 15 is 0 Å². The fourth-order valence-electron chi connectivity index (χ4n) is 4.78. The van der Waals surface area contributed by atoms with E-state index in [9.17, 15) is 9.59 Å². The number of fused-ring (bicyclic) bond motifs is 1. The number of methoxy groups -OCH3 is 1. The number of carbonyl (C=O) groups is 2. The van der Waals surface area contributed by atoms with E-state index < -0.39 is 29.4 Å². The molecule has 2 aromatic carbocycles. The van der Waals surface area contributed by atoms with Crippen LogP contribution in [-0.4, -0.2) is 29.9 Å². The van der Waals surface area contributed by atoms with Crippen molar-refractivity contribution in [3.8, 4) is 0 Å². The van der Waals surface area contributed by atoms with Crippen LogP contribution in [0.5, 0.6) is 0 Å². The average Bonchev–Trinajstić information content (AvgIpc) is 3.31. The standard InChI is InChI=1S/C26H27ClN2O3/c1-26(2)19-8-5-4-7-17(19)15-21(29-26)24(30)23(25(31)32-3)22(20-9-6-14-28-20)16-10-12-18(27)13-11-16/h4-14,21-23,28-29H,15H2,1-3H3. The average molecular weight is 451 g/mol. The van der Waals surface area contributed by atoms with Crippen molar-refractivity contribution in [2.24, 2.45) is 5.92 Å². The van der Waals surface area contributed by atoms with Crippen molar-refractivity contribution in [3.05, 3.63) is 94.3 Å². The third kappa shape index (κ3) is 4.23. The van der Waals surface area contributed by atoms with Crippen molar-refractivity contribution in [2.45, 2.75) is 37.8 Å². The van der Waals surface area contributed by atoms with E-state index in [4.69, 9.17) is 16.3 Å². The molecule has 0 fully saturated rings. The fourth-order valence-corrected chi connectivity index (χ4v) is 4.91. The van der Waals surface area contributed by atoms with E-state index in [0.29, 0.717) is 11.4 Å². The first-order chi connectivity index (χ1) is 15.3. The van der Waals surface area contributed by atoms with Crippen LogP contribution < -0.4 is 5.32 Å². The highest BCUT2D eigenvalue weighted by Crippen LogP contribution is 2.37. The van der Waals surface area contributed by atoms with Crippen LogP contribution in [0.25, 0.3) is 0 Å². The molecular formula is C26H27ClN2O3. The summed E-state index contributed by atoms with van der Waals surface area (Å²) in [5, 5.41) is 4.07. The van der Waals surface area contributed by atoms with Crippen molar-refractivity contribution >= 4 is 23.4 Å². The Morgan fingerprint density at radius 3 is 2.44 bits per heavy atom. The van der Waals surface area contributed by atoms with E-state index in [2.05, 4.69) is 30.2 Å². The lowest BCUT2D eigenvalue weighted by molar-refractivity contribution is -0.150. The molecule has 0 aliphatic carbocycles. The van der Waals surface area contributed by atoms with E-state index in [1.807, 2.05) is 42.5 Å². The van der Waals surface area contributed by atoms with E-state index in [0.717, 1.165) is 22.4 Å². The van der Waals surface area contributed by atoms with Crippen molar-refractivity contribution in [2.75, 3.05) is 7.11 Å². The van der Waals surface area contributed by atoms with Crippen LogP contribution in [0.2, 0.25) is 5.02 Å². The second-order valence-electron chi connectivity index (χ2n) is 8.74. The van der Waals surface area contributed by atoms with Gasteiger partial charge < -0.3 is 9.72 Å². The largest absolute Gasteiger partial charge is 0.468 e. The predicted molar refractivity (Wildman–Crippen MR) is 125 cm³/mol. The van der Waals surface area contributed by atoms with Gasteiger partial charge in [-0.1, -0.05) is 48.0 Å². The number of nitrogens with one attached hydrogen (secondary N) is 2. The first kappa shape index (κ1) is 22.3. The van der Waals surface area contributed by atoms with Gasteiger partial charge in [-0.05, 0) is 61.2 Å². The topological polar surface area (TPSA) is 71.2 Å². The third-order valence-corrected chi connectivity index (χ3v) is 6.53. The Morgan fingerprint density at radius 1 is 1.06 bits per heavy atom. The molecule has 1 aliphatic rings. The monoisotopic (exact) mass is 450 g/mol. The van der Waals surface area contributed by atoms with Gasteiger partial charge >= 0.3 is 5.97 Å². The molecule has 2 N–H and O–H groups in total. The summed E-state index contributed by atoms with van der Waals surface area (Å²) in [5.41, 5.74) is 3.46. The first-order valence-electron chi connectivity index (χ1n) is 10.7. The van der Waals surface area contributed by atoms with Crippen molar-refractivity contribution in [1.82, 2.24) is 10.3 Å². The molecule has 32 heavy (non-hydrogen) atoms. The summed E-state index contributed by atoms with van der Waals surface area (Å²) in [6.45, 7) is 4.11. The van der Waals surface area contributed by atoms with Gasteiger partial charge in [-0.2, -0.15) is 0 Å². The zero-order valence-electron chi connectivity index (χ0n) is 18.4. The fraction of sp³-hybridized carbons (Fsp3) is 0.308. The first-order valence-corrected chi connectivity index (χ1v) is 11.1. The van der Waals surface area contributed by atoms with E-state index in [-0.39, 0.29) is 5.78 Å². The van der Waals surface area contributed by atoms with Gasteiger partial charge in [0.1, 0.15) is 5.92 Å². The van der Waals surface area contributed by atoms with Gasteiger partial charge in [0.25, 0.3) is 0 Å². The predicted octanol–water partition coefficient (Wildman–Crippen LogP) is 4.61. The number of aromatic amines is 1. The number of Topliss-reactive ketones (excluding diaryl/α,β-unsaturated/α-hetero) is 1. The van der Waals surface area contributed by atoms with Crippen LogP contribution in [-0.2, 0) is 26.3 Å². The highest BCUT2D eigenvalue weighted by molar-refractivity contribution is 6.30. The number of halogens is 1. The number of hydrogen-bond donors (Lipinski definition) is 2. The summed E-state index contributed by atoms with van der Waals surface area (Å²) >= 11 is 6.10. The lowest BCUT2D eigenvalue weighted by atomic mass is 9.75. The third-order valence-electron chi connectivity index (χ3n) is 6.27. The molecule has 166 valence electrons. The molecule has 3 aromatic rings. The highest BCUT2D eigenvalue weighted by atomic mass is 35.5. The van der Waals surface area contributed by atoms with Gasteiger partial charge in [0.05, 0.1) is 13.2 Å². The molecule has 3 unspecified atom stereocenters. The molecule has 1 aliphatic heterocycles. The van der Waals surface area contributed by atoms with Crippen molar-refractivity contribution in [1.29, 1.82) is 0 Å². The SMILES string of the molecule is COC(=O)C(C(=O)C1Cc2ccccc2C(C)(C)N1)C(c1ccc(Cl)cc1)c1ccc[nH]1. The number of H-pyrrole nitrogens is 1. The molecule has 4 rings (SSSR count). The summed E-state index contributed by atoms with van der Waals surface area (Å²) in [5.74, 6) is -2.28. The lowest BCUT2D eigenvalue weighted by Gasteiger charge is -2.40. The molecule has 2 heterocycles. The van der Waals surface area contributed by atoms with E-state index in [1.165, 1.54) is 7.11 Å². The summed E-state index contributed by atoms with van der Waals surface area (Å²) in [4.78, 5) is 30.2. The second-order valence-corrected chi connectivity index (χ2v) is 9.18. The number of esters is 1. The number of aromatic nitrogens is 1. The molecule has 3 atom stereocenters. The number of benzene rings is 2. The van der Waals surface area contributed by atoms with Gasteiger partial charge in [0, 0.05) is 28.4 Å². The number of ketones is 1. The molecule has 0 amide bonds. The van der Waals surface area contributed by atoms with Crippen molar-refractivity contribution in [3.63, 3.8) is 0 Å². The number of rotatable bonds is 6. The quantitative estimate of drug-likeness (QED) is 0.425. The van der Waals surface area contributed by atoms with Gasteiger partial charge in [-0.25, -0.2) is 0 Å². The summed E-state index contributed by atoms with van der Waals surface area (Å²) in [6, 6.07) is 18.6. The molecular weight excluding hydrogens is 424 g/mol. The minimum atomic E-state index is -1.02. The van der Waals surface area contributed by atoms with Crippen LogP contribution in [0.1, 0.15) is 42.1 Å². The van der Waals surface area contributed by atoms with Crippen LogP contribution in [0.3, 0.4) is 0 Å². The lowest BCUT2D eigenvalue weighted by Crippen LogP contribution is -2.55. The smallest absolute Gasteiger partial charge is 0.317 e. The number of carbonyl (C=O) groups excluding carboxylic acids is 2. The Bertz CT molecular complexity index is 1110. The van der Waals surface area contributed by atoms with Crippen LogP contribution >= 0.6 is 11.6 Å². The summed E-state index contributed by atoms with van der Waals surface area (Å²) in [6.07, 6.45) is 2.30. The van der Waals surface area contributed by atoms with Crippen LogP contribution in [0.15, 0.2) is 66.9 Å². The van der Waals surface area contributed by atoms with Crippen molar-refractivity contribution < 1.29 is 14.3 Å². The Morgan fingerprint density at radius 2 is 1.78 bits per heavy atom. The molecule has 0 saturated carbocycles. The molecule has 0 spiro atoms. The number of ether oxygens (including phenoxy) is 1. The zero-order valence-corrected chi connectivity index (χ0v) is 19.1. The zero-order chi connectivity index (χ0) is 22.9. The minimum absolute atomic E-state index is 0.186. The Kier molecular flexibility index (Phi) is 6.22. The molecule has 6 heteroatoms. The van der Waals surface area contributed by atoms with Gasteiger partial charge in [0.2, 0.25) is 0 Å². The van der Waals surface area contributed by atoms with Gasteiger partial charge in [-0.3, -0.25) is 14.9 Å². The maximum absolute atomic E-state index is 14.0. The maximum Gasteiger partial charge on any atom is 0.317 e. The van der Waals surface area contributed by atoms with Gasteiger partial charge in [-0.15, -0.1) is 0 Å². The number of hydrogen-bond acceptors (Lipinski definition) is 4. The molecule has 1 aromatic heterocycles. The van der Waals surface area contributed by atoms with Crippen LogP contribution in [0.4, 0.5) is 0 Å². The maximum atomic E-state index is 14.0. The van der Waals surface area contributed by atoms with E-state index in [1.54, 1.807) is 18.3 Å². The summed E-state index contributed by atoms with van der Waals surface area (Å²) in [7, 11) is 1.32. The summed E-state index contributed by atoms with van der Waals surface area (Å²) < 4.78 is 5.14. The second kappa shape index (κ2) is 8.93. The van der Waals surface area contributed by atoms with Crippen LogP contribution in [0, 0.1) is 5.92 Å². The Hall–Kier alpha value is -2.89. The molecule has 0 radical (unpaired) electrons. The highest BCUT2D eigenvalue weighted by Gasteiger charge is 2.44. The molecule has 0 bridgehead atoms. The Balaban J connectivity index is 1.76. The molecule has 0 saturated heterocycles. The normalized spacial score (nSPS) is 18.9.